The lowest BCUT2D eigenvalue weighted by Crippen LogP contribution is -2.10. The molecule has 0 aliphatic rings. The van der Waals surface area contributed by atoms with Gasteiger partial charge in [0.2, 0.25) is 0 Å². The van der Waals surface area contributed by atoms with Gasteiger partial charge in [0, 0.05) is 16.8 Å². The molecule has 0 aliphatic heterocycles. The Labute approximate surface area is 243 Å². The number of hydrogen-bond donors (Lipinski definition) is 0. The summed E-state index contributed by atoms with van der Waals surface area (Å²) >= 11 is 0. The van der Waals surface area contributed by atoms with Gasteiger partial charge in [-0.1, -0.05) is 115 Å². The Bertz CT molecular complexity index is 2170. The van der Waals surface area contributed by atoms with Gasteiger partial charge in [0.05, 0.1) is 23.5 Å². The maximum absolute atomic E-state index is 6.22. The third-order valence-corrected chi connectivity index (χ3v) is 7.97. The Morgan fingerprint density at radius 2 is 1.07 bits per heavy atom. The zero-order valence-corrected chi connectivity index (χ0v) is 22.8. The number of rotatable bonds is 5. The number of anilines is 3. The summed E-state index contributed by atoms with van der Waals surface area (Å²) in [6, 6.07) is 51.2. The van der Waals surface area contributed by atoms with Crippen LogP contribution in [0.1, 0.15) is 0 Å². The van der Waals surface area contributed by atoms with Crippen molar-refractivity contribution in [1.82, 2.24) is 4.98 Å². The van der Waals surface area contributed by atoms with Crippen LogP contribution in [0.2, 0.25) is 0 Å². The van der Waals surface area contributed by atoms with Gasteiger partial charge < -0.3 is 9.32 Å². The van der Waals surface area contributed by atoms with Crippen LogP contribution in [-0.4, -0.2) is 4.98 Å². The van der Waals surface area contributed by atoms with Crippen LogP contribution >= 0.6 is 0 Å². The molecule has 0 saturated carbocycles. The average molecular weight is 539 g/mol. The Morgan fingerprint density at radius 3 is 1.86 bits per heavy atom. The minimum Gasteiger partial charge on any atom is -0.454 e. The molecule has 8 rings (SSSR count). The second kappa shape index (κ2) is 10.1. The molecule has 0 bridgehead atoms. The molecule has 0 fully saturated rings. The number of fused-ring (bicyclic) bond motifs is 4. The van der Waals surface area contributed by atoms with Crippen LogP contribution in [0.5, 0.6) is 0 Å². The van der Waals surface area contributed by atoms with Crippen LogP contribution in [0.15, 0.2) is 162 Å². The van der Waals surface area contributed by atoms with Crippen molar-refractivity contribution in [2.24, 2.45) is 0 Å². The summed E-state index contributed by atoms with van der Waals surface area (Å²) in [7, 11) is 0. The van der Waals surface area contributed by atoms with E-state index < -0.39 is 0 Å². The molecular formula is C39H26N2O. The fraction of sp³-hybridized carbons (Fsp3) is 0. The first-order valence-corrected chi connectivity index (χ1v) is 14.1. The highest BCUT2D eigenvalue weighted by molar-refractivity contribution is 6.13. The number of pyridine rings is 1. The zero-order valence-electron chi connectivity index (χ0n) is 22.8. The molecule has 0 amide bonds. The minimum atomic E-state index is 0.770. The second-order valence-electron chi connectivity index (χ2n) is 10.5. The predicted octanol–water partition coefficient (Wildman–Crippen LogP) is 10.9. The average Bonchev–Trinajstić information content (AvgIpc) is 3.45. The minimum absolute atomic E-state index is 0.770. The van der Waals surface area contributed by atoms with Crippen molar-refractivity contribution in [1.29, 1.82) is 0 Å². The van der Waals surface area contributed by atoms with Gasteiger partial charge in [0.15, 0.2) is 5.58 Å². The zero-order chi connectivity index (χ0) is 27.9. The largest absolute Gasteiger partial charge is 0.454 e. The molecular weight excluding hydrogens is 512 g/mol. The van der Waals surface area contributed by atoms with Crippen LogP contribution in [-0.2, 0) is 0 Å². The molecule has 0 radical (unpaired) electrons. The SMILES string of the molecule is c1ccc(-c2ccc(N(c3ccc(-c4cccc5ccccc45)cc3)c3cncc4oc5ccccc5c34)cc2)cc1. The molecule has 3 heteroatoms. The van der Waals surface area contributed by atoms with Crippen molar-refractivity contribution in [2.45, 2.75) is 0 Å². The number of hydrogen-bond acceptors (Lipinski definition) is 3. The summed E-state index contributed by atoms with van der Waals surface area (Å²) < 4.78 is 6.22. The Kier molecular flexibility index (Phi) is 5.79. The predicted molar refractivity (Wildman–Crippen MR) is 175 cm³/mol. The molecule has 2 heterocycles. The molecule has 8 aromatic rings. The molecule has 0 saturated heterocycles. The molecule has 0 unspecified atom stereocenters. The summed E-state index contributed by atoms with van der Waals surface area (Å²) in [5, 5.41) is 4.61. The molecule has 3 nitrogen and oxygen atoms in total. The fourth-order valence-corrected chi connectivity index (χ4v) is 5.96. The summed E-state index contributed by atoms with van der Waals surface area (Å²) in [6.07, 6.45) is 3.74. The first-order chi connectivity index (χ1) is 20.8. The fourth-order valence-electron chi connectivity index (χ4n) is 5.96. The van der Waals surface area contributed by atoms with Gasteiger partial charge >= 0.3 is 0 Å². The van der Waals surface area contributed by atoms with Crippen molar-refractivity contribution >= 4 is 49.8 Å². The molecule has 2 aromatic heterocycles. The smallest absolute Gasteiger partial charge is 0.155 e. The lowest BCUT2D eigenvalue weighted by atomic mass is 9.98. The lowest BCUT2D eigenvalue weighted by Gasteiger charge is -2.26. The van der Waals surface area contributed by atoms with E-state index in [-0.39, 0.29) is 0 Å². The number of para-hydroxylation sites is 1. The van der Waals surface area contributed by atoms with Gasteiger partial charge in [0.1, 0.15) is 5.58 Å². The van der Waals surface area contributed by atoms with Crippen molar-refractivity contribution in [3.8, 4) is 22.3 Å². The molecule has 0 spiro atoms. The standard InChI is InChI=1S/C39H26N2O/c1-2-9-27(10-3-1)28-17-21-31(22-18-28)41(36-25-40-26-38-39(36)35-14-6-7-16-37(35)42-38)32-23-19-30(20-24-32)34-15-8-12-29-11-4-5-13-33(29)34/h1-26H. The van der Waals surface area contributed by atoms with Crippen LogP contribution in [0.25, 0.3) is 55.0 Å². The van der Waals surface area contributed by atoms with Gasteiger partial charge in [-0.3, -0.25) is 4.98 Å². The number of benzene rings is 6. The van der Waals surface area contributed by atoms with Crippen LogP contribution in [0.3, 0.4) is 0 Å². The summed E-state index contributed by atoms with van der Waals surface area (Å²) in [6.45, 7) is 0. The van der Waals surface area contributed by atoms with Crippen molar-refractivity contribution in [2.75, 3.05) is 4.90 Å². The first-order valence-electron chi connectivity index (χ1n) is 14.1. The summed E-state index contributed by atoms with van der Waals surface area (Å²) in [4.78, 5) is 6.89. The van der Waals surface area contributed by atoms with Crippen molar-refractivity contribution < 1.29 is 4.42 Å². The molecule has 0 N–H and O–H groups in total. The van der Waals surface area contributed by atoms with E-state index in [1.807, 2.05) is 24.4 Å². The van der Waals surface area contributed by atoms with E-state index in [1.165, 1.54) is 33.0 Å². The number of aromatic nitrogens is 1. The van der Waals surface area contributed by atoms with Crippen LogP contribution in [0.4, 0.5) is 17.1 Å². The second-order valence-corrected chi connectivity index (χ2v) is 10.5. The van der Waals surface area contributed by atoms with Crippen LogP contribution in [0, 0.1) is 0 Å². The van der Waals surface area contributed by atoms with Gasteiger partial charge in [0.25, 0.3) is 0 Å². The third kappa shape index (κ3) is 4.11. The van der Waals surface area contributed by atoms with Gasteiger partial charge in [-0.15, -0.1) is 0 Å². The molecule has 0 aliphatic carbocycles. The van der Waals surface area contributed by atoms with E-state index in [4.69, 9.17) is 4.42 Å². The third-order valence-electron chi connectivity index (χ3n) is 7.97. The first kappa shape index (κ1) is 24.2. The summed E-state index contributed by atoms with van der Waals surface area (Å²) in [5.41, 5.74) is 9.47. The normalized spacial score (nSPS) is 11.3. The molecule has 6 aromatic carbocycles. The Balaban J connectivity index is 1.29. The maximum Gasteiger partial charge on any atom is 0.155 e. The highest BCUT2D eigenvalue weighted by Crippen LogP contribution is 2.43. The number of furan rings is 1. The van der Waals surface area contributed by atoms with E-state index in [9.17, 15) is 0 Å². The Morgan fingerprint density at radius 1 is 0.452 bits per heavy atom. The topological polar surface area (TPSA) is 29.3 Å². The van der Waals surface area contributed by atoms with E-state index >= 15 is 0 Å². The Hall–Kier alpha value is -5.67. The highest BCUT2D eigenvalue weighted by atomic mass is 16.3. The van der Waals surface area contributed by atoms with Crippen LogP contribution < -0.4 is 4.90 Å². The van der Waals surface area contributed by atoms with E-state index in [1.54, 1.807) is 6.20 Å². The van der Waals surface area contributed by atoms with Gasteiger partial charge in [-0.2, -0.15) is 0 Å². The highest BCUT2D eigenvalue weighted by Gasteiger charge is 2.20. The quantitative estimate of drug-likeness (QED) is 0.218. The lowest BCUT2D eigenvalue weighted by molar-refractivity contribution is 0.667. The molecule has 0 atom stereocenters. The van der Waals surface area contributed by atoms with Gasteiger partial charge in [-0.05, 0) is 63.4 Å². The summed E-state index contributed by atoms with van der Waals surface area (Å²) in [5.74, 6) is 0. The molecule has 198 valence electrons. The maximum atomic E-state index is 6.22. The van der Waals surface area contributed by atoms with Crippen molar-refractivity contribution in [3.05, 3.63) is 158 Å². The molecule has 42 heavy (non-hydrogen) atoms. The van der Waals surface area contributed by atoms with Crippen molar-refractivity contribution in [3.63, 3.8) is 0 Å². The monoisotopic (exact) mass is 538 g/mol. The van der Waals surface area contributed by atoms with Gasteiger partial charge in [-0.25, -0.2) is 0 Å². The van der Waals surface area contributed by atoms with E-state index in [0.717, 1.165) is 39.0 Å². The number of nitrogens with zero attached hydrogens (tertiary/aromatic N) is 2. The van der Waals surface area contributed by atoms with E-state index in [0.29, 0.717) is 0 Å². The van der Waals surface area contributed by atoms with E-state index in [2.05, 4.69) is 137 Å².